The molecule has 1 atom stereocenters. The van der Waals surface area contributed by atoms with Gasteiger partial charge in [-0.3, -0.25) is 4.79 Å². The Morgan fingerprint density at radius 2 is 1.92 bits per heavy atom. The van der Waals surface area contributed by atoms with Crippen LogP contribution in [0.15, 0.2) is 50.4 Å². The van der Waals surface area contributed by atoms with Gasteiger partial charge in [0.15, 0.2) is 4.67 Å². The molecule has 1 fully saturated rings. The van der Waals surface area contributed by atoms with Crippen molar-refractivity contribution in [3.8, 4) is 0 Å². The van der Waals surface area contributed by atoms with Crippen LogP contribution in [0.5, 0.6) is 0 Å². The molecule has 1 aliphatic heterocycles. The number of rotatable bonds is 5. The van der Waals surface area contributed by atoms with Gasteiger partial charge in [0, 0.05) is 11.6 Å². The molecule has 0 bridgehead atoms. The van der Waals surface area contributed by atoms with E-state index in [0.29, 0.717) is 28.4 Å². The summed E-state index contributed by atoms with van der Waals surface area (Å²) < 4.78 is 33.7. The largest absolute Gasteiger partial charge is 0.453 e. The fraction of sp³-hybridized carbons (Fsp3) is 0.353. The van der Waals surface area contributed by atoms with Crippen molar-refractivity contribution < 1.29 is 17.6 Å². The topological polar surface area (TPSA) is 79.6 Å². The third kappa shape index (κ3) is 4.31. The van der Waals surface area contributed by atoms with Crippen LogP contribution in [0.2, 0.25) is 5.02 Å². The molecule has 9 heteroatoms. The predicted molar refractivity (Wildman–Crippen MR) is 101 cm³/mol. The van der Waals surface area contributed by atoms with Gasteiger partial charge < -0.3 is 9.73 Å². The lowest BCUT2D eigenvalue weighted by molar-refractivity contribution is -0.124. The van der Waals surface area contributed by atoms with Gasteiger partial charge >= 0.3 is 0 Å². The van der Waals surface area contributed by atoms with E-state index in [4.69, 9.17) is 16.0 Å². The highest BCUT2D eigenvalue weighted by molar-refractivity contribution is 9.10. The van der Waals surface area contributed by atoms with E-state index in [9.17, 15) is 13.2 Å². The van der Waals surface area contributed by atoms with E-state index in [1.165, 1.54) is 28.6 Å². The minimum Gasteiger partial charge on any atom is -0.453 e. The van der Waals surface area contributed by atoms with Crippen LogP contribution < -0.4 is 5.32 Å². The van der Waals surface area contributed by atoms with Crippen molar-refractivity contribution in [1.82, 2.24) is 9.62 Å². The molecule has 2 aromatic rings. The SMILES string of the molecule is O=C1NCCCC[C@H]1N(Cc1ccc(Br)o1)S(=O)(=O)c1ccc(Cl)cc1. The summed E-state index contributed by atoms with van der Waals surface area (Å²) in [6.45, 7) is 0.519. The molecule has 3 rings (SSSR count). The predicted octanol–water partition coefficient (Wildman–Crippen LogP) is 3.56. The lowest BCUT2D eigenvalue weighted by atomic mass is 10.1. The van der Waals surface area contributed by atoms with E-state index >= 15 is 0 Å². The number of sulfonamides is 1. The highest BCUT2D eigenvalue weighted by Crippen LogP contribution is 2.27. The van der Waals surface area contributed by atoms with Gasteiger partial charge in [0.2, 0.25) is 15.9 Å². The van der Waals surface area contributed by atoms with Gasteiger partial charge in [0.25, 0.3) is 0 Å². The Hall–Kier alpha value is -1.35. The molecule has 1 amide bonds. The Morgan fingerprint density at radius 1 is 1.19 bits per heavy atom. The number of furan rings is 1. The highest BCUT2D eigenvalue weighted by Gasteiger charge is 2.37. The number of nitrogens with zero attached hydrogens (tertiary/aromatic N) is 1. The first-order valence-electron chi connectivity index (χ1n) is 8.17. The third-order valence-electron chi connectivity index (χ3n) is 4.21. The zero-order chi connectivity index (χ0) is 18.7. The van der Waals surface area contributed by atoms with Crippen LogP contribution in [0.25, 0.3) is 0 Å². The summed E-state index contributed by atoms with van der Waals surface area (Å²) in [5.41, 5.74) is 0. The number of carbonyl (C=O) groups excluding carboxylic acids is 1. The minimum absolute atomic E-state index is 0.0331. The maximum Gasteiger partial charge on any atom is 0.244 e. The van der Waals surface area contributed by atoms with E-state index in [0.717, 1.165) is 12.8 Å². The van der Waals surface area contributed by atoms with Crippen molar-refractivity contribution in [3.63, 3.8) is 0 Å². The van der Waals surface area contributed by atoms with E-state index in [1.807, 2.05) is 0 Å². The lowest BCUT2D eigenvalue weighted by Crippen LogP contribution is -2.48. The molecule has 1 aromatic carbocycles. The third-order valence-corrected chi connectivity index (χ3v) is 6.76. The second-order valence-corrected chi connectivity index (χ2v) is 9.12. The Bertz CT molecular complexity index is 882. The summed E-state index contributed by atoms with van der Waals surface area (Å²) >= 11 is 9.09. The number of hydrogen-bond acceptors (Lipinski definition) is 4. The molecule has 1 saturated heterocycles. The molecule has 1 aliphatic rings. The summed E-state index contributed by atoms with van der Waals surface area (Å²) in [5.74, 6) is 0.164. The van der Waals surface area contributed by atoms with Crippen molar-refractivity contribution >= 4 is 43.5 Å². The van der Waals surface area contributed by atoms with Crippen molar-refractivity contribution in [2.45, 2.75) is 36.7 Å². The van der Waals surface area contributed by atoms with Crippen LogP contribution in [-0.2, 0) is 21.4 Å². The van der Waals surface area contributed by atoms with Crippen molar-refractivity contribution in [3.05, 3.63) is 51.9 Å². The Labute approximate surface area is 165 Å². The van der Waals surface area contributed by atoms with Gasteiger partial charge in [-0.25, -0.2) is 8.42 Å². The molecule has 0 aliphatic carbocycles. The molecule has 1 N–H and O–H groups in total. The van der Waals surface area contributed by atoms with E-state index < -0.39 is 16.1 Å². The van der Waals surface area contributed by atoms with Gasteiger partial charge in [0.05, 0.1) is 11.4 Å². The Morgan fingerprint density at radius 3 is 2.58 bits per heavy atom. The van der Waals surface area contributed by atoms with Crippen molar-refractivity contribution in [2.24, 2.45) is 0 Å². The van der Waals surface area contributed by atoms with Crippen LogP contribution in [0.4, 0.5) is 0 Å². The van der Waals surface area contributed by atoms with Gasteiger partial charge in [-0.15, -0.1) is 0 Å². The molecule has 6 nitrogen and oxygen atoms in total. The second kappa shape index (κ2) is 8.12. The molecule has 0 unspecified atom stereocenters. The van der Waals surface area contributed by atoms with Crippen LogP contribution in [0, 0.1) is 0 Å². The normalized spacial score (nSPS) is 18.6. The molecular formula is C17H18BrClN2O4S. The monoisotopic (exact) mass is 460 g/mol. The number of carbonyl (C=O) groups is 1. The summed E-state index contributed by atoms with van der Waals surface area (Å²) in [6.07, 6.45) is 2.04. The van der Waals surface area contributed by atoms with E-state index in [-0.39, 0.29) is 17.3 Å². The van der Waals surface area contributed by atoms with E-state index in [2.05, 4.69) is 21.2 Å². The van der Waals surface area contributed by atoms with Gasteiger partial charge in [0.1, 0.15) is 11.8 Å². The number of hydrogen-bond donors (Lipinski definition) is 1. The average molecular weight is 462 g/mol. The summed E-state index contributed by atoms with van der Waals surface area (Å²) in [6, 6.07) is 8.50. The summed E-state index contributed by atoms with van der Waals surface area (Å²) in [4.78, 5) is 12.6. The molecule has 26 heavy (non-hydrogen) atoms. The van der Waals surface area contributed by atoms with Crippen LogP contribution >= 0.6 is 27.5 Å². The number of halogens is 2. The highest BCUT2D eigenvalue weighted by atomic mass is 79.9. The fourth-order valence-corrected chi connectivity index (χ4v) is 4.94. The lowest BCUT2D eigenvalue weighted by Gasteiger charge is -2.28. The maximum atomic E-state index is 13.3. The summed E-state index contributed by atoms with van der Waals surface area (Å²) in [5, 5.41) is 3.23. The smallest absolute Gasteiger partial charge is 0.244 e. The van der Waals surface area contributed by atoms with Crippen molar-refractivity contribution in [2.75, 3.05) is 6.54 Å². The van der Waals surface area contributed by atoms with Crippen LogP contribution in [0.1, 0.15) is 25.0 Å². The van der Waals surface area contributed by atoms with Gasteiger partial charge in [-0.2, -0.15) is 4.31 Å². The molecule has 140 valence electrons. The molecule has 1 aromatic heterocycles. The minimum atomic E-state index is -3.92. The second-order valence-electron chi connectivity index (χ2n) is 6.01. The molecular weight excluding hydrogens is 444 g/mol. The Balaban J connectivity index is 2.00. The molecule has 0 saturated carbocycles. The Kier molecular flexibility index (Phi) is 6.06. The first-order valence-corrected chi connectivity index (χ1v) is 10.8. The number of amides is 1. The van der Waals surface area contributed by atoms with Gasteiger partial charge in [-0.1, -0.05) is 11.6 Å². The first kappa shape index (κ1) is 19.4. The number of benzene rings is 1. The summed E-state index contributed by atoms with van der Waals surface area (Å²) in [7, 11) is -3.92. The zero-order valence-corrected chi connectivity index (χ0v) is 17.0. The zero-order valence-electron chi connectivity index (χ0n) is 13.8. The fourth-order valence-electron chi connectivity index (χ4n) is 2.89. The first-order chi connectivity index (χ1) is 12.4. The van der Waals surface area contributed by atoms with Crippen LogP contribution in [0.3, 0.4) is 0 Å². The quantitative estimate of drug-likeness (QED) is 0.738. The van der Waals surface area contributed by atoms with E-state index in [1.54, 1.807) is 12.1 Å². The molecule has 0 radical (unpaired) electrons. The number of nitrogens with one attached hydrogen (secondary N) is 1. The standard InChI is InChI=1S/C17H18BrClN2O4S/c18-16-9-6-13(25-16)11-21(15-3-1-2-10-20-17(15)22)26(23,24)14-7-4-12(19)5-8-14/h4-9,15H,1-3,10-11H2,(H,20,22)/t15-/m1/s1. The maximum absolute atomic E-state index is 13.3. The average Bonchev–Trinajstić information content (AvgIpc) is 2.89. The molecule has 0 spiro atoms. The van der Waals surface area contributed by atoms with Crippen molar-refractivity contribution in [1.29, 1.82) is 0 Å². The van der Waals surface area contributed by atoms with Crippen LogP contribution in [-0.4, -0.2) is 31.2 Å². The molecule has 2 heterocycles. The van der Waals surface area contributed by atoms with Gasteiger partial charge in [-0.05, 0) is 71.6 Å².